The summed E-state index contributed by atoms with van der Waals surface area (Å²) in [5, 5.41) is 20.1. The number of amides is 1. The van der Waals surface area contributed by atoms with Gasteiger partial charge in [-0.2, -0.15) is 4.99 Å². The van der Waals surface area contributed by atoms with Crippen molar-refractivity contribution < 1.29 is 147 Å². The van der Waals surface area contributed by atoms with Gasteiger partial charge in [-0.05, 0) is 0 Å². The SMILES string of the molecule is O.O=C1N=CN=C2C1N=CN2[C@@H]1OC(COP(=O)([O-])OP(=O)([O-])[O-])C(O)C1O.[Na+].[Na+].[Na+]. The van der Waals surface area contributed by atoms with Crippen molar-refractivity contribution >= 4 is 40.1 Å². The summed E-state index contributed by atoms with van der Waals surface area (Å²) in [5.41, 5.74) is 0. The van der Waals surface area contributed by atoms with Crippen LogP contribution in [0.4, 0.5) is 0 Å². The van der Waals surface area contributed by atoms with E-state index in [1.165, 1.54) is 0 Å². The molecule has 31 heavy (non-hydrogen) atoms. The summed E-state index contributed by atoms with van der Waals surface area (Å²) in [7, 11) is -11.4. The minimum Gasteiger partial charge on any atom is -0.790 e. The van der Waals surface area contributed by atoms with Crippen molar-refractivity contribution in [1.82, 2.24) is 4.90 Å². The largest absolute Gasteiger partial charge is 1.00 e. The minimum absolute atomic E-state index is 0. The maximum atomic E-state index is 11.6. The Kier molecular flexibility index (Phi) is 15.3. The van der Waals surface area contributed by atoms with Gasteiger partial charge in [0.25, 0.3) is 13.7 Å². The van der Waals surface area contributed by atoms with Crippen LogP contribution in [0, 0.1) is 0 Å². The fraction of sp³-hybridized carbons (Fsp3) is 0.600. The van der Waals surface area contributed by atoms with Gasteiger partial charge in [0.1, 0.15) is 30.5 Å². The van der Waals surface area contributed by atoms with Crippen LogP contribution in [0.25, 0.3) is 0 Å². The van der Waals surface area contributed by atoms with E-state index in [-0.39, 0.29) is 100.0 Å². The van der Waals surface area contributed by atoms with E-state index in [1.54, 1.807) is 0 Å². The number of phosphoric acid groups is 2. The number of aliphatic hydroxyl groups excluding tert-OH is 2. The van der Waals surface area contributed by atoms with Gasteiger partial charge in [-0.15, -0.1) is 0 Å². The van der Waals surface area contributed by atoms with Gasteiger partial charge in [-0.25, -0.2) is 4.99 Å². The molecule has 3 aliphatic rings. The zero-order valence-electron chi connectivity index (χ0n) is 16.5. The molecule has 3 rings (SSSR count). The average Bonchev–Trinajstić information content (AvgIpc) is 3.07. The third-order valence-corrected chi connectivity index (χ3v) is 5.73. The van der Waals surface area contributed by atoms with Crippen LogP contribution in [0.15, 0.2) is 15.0 Å². The molecule has 0 aliphatic carbocycles. The summed E-state index contributed by atoms with van der Waals surface area (Å²) in [6.07, 6.45) is -3.91. The van der Waals surface area contributed by atoms with Crippen LogP contribution >= 0.6 is 15.6 Å². The summed E-state index contributed by atoms with van der Waals surface area (Å²) in [6.45, 7) is -0.962. The van der Waals surface area contributed by atoms with E-state index < -0.39 is 58.7 Å². The molecule has 0 radical (unpaired) electrons. The molecule has 158 valence electrons. The summed E-state index contributed by atoms with van der Waals surface area (Å²) < 4.78 is 34.4. The number of rotatable bonds is 6. The molecule has 5 unspecified atom stereocenters. The Labute approximate surface area is 241 Å². The molecule has 0 aromatic carbocycles. The zero-order chi connectivity index (χ0) is 20.0. The fourth-order valence-electron chi connectivity index (χ4n) is 2.54. The van der Waals surface area contributed by atoms with E-state index in [4.69, 9.17) is 4.74 Å². The number of ether oxygens (including phenoxy) is 1. The van der Waals surface area contributed by atoms with Crippen LogP contribution in [0.2, 0.25) is 0 Å². The van der Waals surface area contributed by atoms with Crippen LogP contribution < -0.4 is 103 Å². The van der Waals surface area contributed by atoms with Crippen LogP contribution in [0.1, 0.15) is 0 Å². The van der Waals surface area contributed by atoms with Crippen LogP contribution in [-0.4, -0.2) is 82.2 Å². The molecular formula is C10H13N4Na3O12P2. The number of amidine groups is 1. The van der Waals surface area contributed by atoms with Gasteiger partial charge in [0.15, 0.2) is 12.3 Å². The number of nitrogens with zero attached hydrogens (tertiary/aromatic N) is 4. The Morgan fingerprint density at radius 1 is 1.16 bits per heavy atom. The fourth-order valence-corrected chi connectivity index (χ4v) is 4.03. The topological polar surface area (TPSA) is 260 Å². The van der Waals surface area contributed by atoms with E-state index in [9.17, 15) is 38.8 Å². The second kappa shape index (κ2) is 13.6. The Hall–Kier alpha value is 1.58. The van der Waals surface area contributed by atoms with Gasteiger partial charge < -0.3 is 44.2 Å². The summed E-state index contributed by atoms with van der Waals surface area (Å²) in [6, 6.07) is -1.03. The number of phosphoric ester groups is 1. The molecule has 0 spiro atoms. The molecule has 0 aromatic heterocycles. The monoisotopic (exact) mass is 512 g/mol. The number of hydrogen-bond acceptors (Lipinski definition) is 14. The van der Waals surface area contributed by atoms with Crippen molar-refractivity contribution in [3.63, 3.8) is 0 Å². The van der Waals surface area contributed by atoms with Gasteiger partial charge in [-0.3, -0.25) is 23.6 Å². The Morgan fingerprint density at radius 2 is 1.77 bits per heavy atom. The second-order valence-electron chi connectivity index (χ2n) is 5.46. The molecule has 21 heteroatoms. The normalized spacial score (nSPS) is 30.7. The standard InChI is InChI=1S/C10H14N4O11P2.3Na.H2O/c15-6-4(1-23-27(21,22)25-26(18,19)20)24-10(7(6)16)14-3-13-5-8(14)11-2-12-9(5)17;;;;/h2-7,10,15-16H,1H2,(H,21,22)(H2,18,19,20);;;;1H2/q;3*+1;/p-3/t4?,5?,6?,7?,10-;;;;/m1..../s1. The molecule has 4 N–H and O–H groups in total. The summed E-state index contributed by atoms with van der Waals surface area (Å²) in [4.78, 5) is 55.9. The van der Waals surface area contributed by atoms with Crippen LogP contribution in [0.5, 0.6) is 0 Å². The quantitative estimate of drug-likeness (QED) is 0.248. The molecule has 1 fully saturated rings. The number of carbonyl (C=O) groups is 1. The Balaban J connectivity index is 0. The van der Waals surface area contributed by atoms with Crippen molar-refractivity contribution in [1.29, 1.82) is 0 Å². The molecule has 1 amide bonds. The summed E-state index contributed by atoms with van der Waals surface area (Å²) in [5.74, 6) is -0.528. The van der Waals surface area contributed by atoms with Crippen molar-refractivity contribution in [3.05, 3.63) is 0 Å². The van der Waals surface area contributed by atoms with Gasteiger partial charge in [0, 0.05) is 0 Å². The molecule has 0 aromatic rings. The zero-order valence-corrected chi connectivity index (χ0v) is 24.3. The van der Waals surface area contributed by atoms with E-state index in [2.05, 4.69) is 23.8 Å². The molecule has 3 heterocycles. The van der Waals surface area contributed by atoms with E-state index in [0.29, 0.717) is 0 Å². The summed E-state index contributed by atoms with van der Waals surface area (Å²) >= 11 is 0. The molecule has 6 atom stereocenters. The van der Waals surface area contributed by atoms with Crippen molar-refractivity contribution in [2.75, 3.05) is 6.61 Å². The average molecular weight is 512 g/mol. The number of aliphatic hydroxyl groups is 2. The smallest absolute Gasteiger partial charge is 0.790 e. The predicted molar refractivity (Wildman–Crippen MR) is 81.6 cm³/mol. The molecule has 3 aliphatic heterocycles. The van der Waals surface area contributed by atoms with Gasteiger partial charge >= 0.3 is 88.7 Å². The minimum atomic E-state index is -5.87. The maximum Gasteiger partial charge on any atom is 1.00 e. The number of hydrogen-bond donors (Lipinski definition) is 2. The predicted octanol–water partition coefficient (Wildman–Crippen LogP) is -14.4. The van der Waals surface area contributed by atoms with Crippen LogP contribution in [0.3, 0.4) is 0 Å². The van der Waals surface area contributed by atoms with E-state index in [0.717, 1.165) is 17.6 Å². The Morgan fingerprint density at radius 3 is 2.35 bits per heavy atom. The van der Waals surface area contributed by atoms with Crippen LogP contribution in [-0.2, 0) is 27.5 Å². The first kappa shape index (κ1) is 34.7. The van der Waals surface area contributed by atoms with Gasteiger partial charge in [-0.1, -0.05) is 0 Å². The number of aliphatic imine (C=N–C) groups is 3. The van der Waals surface area contributed by atoms with Crippen molar-refractivity contribution in [2.45, 2.75) is 30.6 Å². The van der Waals surface area contributed by atoms with Crippen molar-refractivity contribution in [3.8, 4) is 0 Å². The third-order valence-electron chi connectivity index (χ3n) is 3.67. The number of fused-ring (bicyclic) bond motifs is 1. The molecule has 0 saturated carbocycles. The first-order chi connectivity index (χ1) is 12.5. The first-order valence-corrected chi connectivity index (χ1v) is 10.1. The number of carbonyl (C=O) groups excluding carboxylic acids is 1. The second-order valence-corrected chi connectivity index (χ2v) is 8.16. The molecule has 0 bridgehead atoms. The molecular weight excluding hydrogens is 499 g/mol. The molecule has 16 nitrogen and oxygen atoms in total. The van der Waals surface area contributed by atoms with E-state index in [1.807, 2.05) is 0 Å². The first-order valence-electron chi connectivity index (χ1n) is 7.15. The third kappa shape index (κ3) is 8.63. The van der Waals surface area contributed by atoms with E-state index >= 15 is 0 Å². The maximum absolute atomic E-state index is 11.6. The van der Waals surface area contributed by atoms with Gasteiger partial charge in [0.2, 0.25) is 0 Å². The molecule has 1 saturated heterocycles. The van der Waals surface area contributed by atoms with Crippen molar-refractivity contribution in [2.24, 2.45) is 15.0 Å². The van der Waals surface area contributed by atoms with Gasteiger partial charge in [0.05, 0.1) is 20.8 Å². The Bertz CT molecular complexity index is 824.